The molecule has 7 heteroatoms. The van der Waals surface area contributed by atoms with E-state index < -0.39 is 6.36 Å². The molecule has 1 aliphatic rings. The Morgan fingerprint density at radius 2 is 1.96 bits per heavy atom. The molecule has 0 saturated carbocycles. The normalized spacial score (nSPS) is 17.9. The van der Waals surface area contributed by atoms with Gasteiger partial charge >= 0.3 is 6.36 Å². The van der Waals surface area contributed by atoms with Crippen LogP contribution in [-0.2, 0) is 13.0 Å². The van der Waals surface area contributed by atoms with Crippen molar-refractivity contribution in [1.82, 2.24) is 9.88 Å². The Morgan fingerprint density at radius 3 is 2.65 bits per heavy atom. The van der Waals surface area contributed by atoms with Crippen LogP contribution in [0.25, 0.3) is 0 Å². The Labute approximate surface area is 153 Å². The lowest BCUT2D eigenvalue weighted by Gasteiger charge is -2.36. The molecule has 1 N–H and O–H groups in total. The summed E-state index contributed by atoms with van der Waals surface area (Å²) in [6, 6.07) is 12.4. The first-order chi connectivity index (χ1) is 12.5. The standard InChI is InChI=1S/C19H17F3N2OS/c20-19(21,22)25-15-5-3-13(4-6-15)18-16-8-11-26-17(16)7-10-24(18)12-14-2-1-9-23-14/h1-6,8-9,11,18,23H,7,10,12H2/t18-/m0/s1. The minimum atomic E-state index is -4.67. The molecule has 3 aromatic rings. The van der Waals surface area contributed by atoms with E-state index in [0.29, 0.717) is 0 Å². The Morgan fingerprint density at radius 1 is 1.15 bits per heavy atom. The first-order valence-electron chi connectivity index (χ1n) is 8.28. The van der Waals surface area contributed by atoms with Crippen molar-refractivity contribution in [2.75, 3.05) is 6.54 Å². The molecule has 0 spiro atoms. The summed E-state index contributed by atoms with van der Waals surface area (Å²) in [7, 11) is 0. The van der Waals surface area contributed by atoms with Crippen molar-refractivity contribution in [3.63, 3.8) is 0 Å². The molecule has 0 unspecified atom stereocenters. The van der Waals surface area contributed by atoms with Gasteiger partial charge in [0, 0.05) is 29.9 Å². The highest BCUT2D eigenvalue weighted by Gasteiger charge is 2.32. The van der Waals surface area contributed by atoms with Crippen molar-refractivity contribution >= 4 is 11.3 Å². The van der Waals surface area contributed by atoms with E-state index in [4.69, 9.17) is 0 Å². The van der Waals surface area contributed by atoms with Gasteiger partial charge in [-0.3, -0.25) is 4.90 Å². The zero-order valence-electron chi connectivity index (χ0n) is 13.8. The number of aromatic amines is 1. The quantitative estimate of drug-likeness (QED) is 0.682. The molecule has 0 aliphatic carbocycles. The Kier molecular flexibility index (Phi) is 4.50. The van der Waals surface area contributed by atoms with Gasteiger partial charge in [-0.25, -0.2) is 0 Å². The molecule has 0 radical (unpaired) electrons. The number of fused-ring (bicyclic) bond motifs is 1. The number of nitrogens with zero attached hydrogens (tertiary/aromatic N) is 1. The van der Waals surface area contributed by atoms with Crippen LogP contribution in [0.2, 0.25) is 0 Å². The van der Waals surface area contributed by atoms with Crippen LogP contribution in [0.1, 0.15) is 27.7 Å². The molecule has 136 valence electrons. The highest BCUT2D eigenvalue weighted by Crippen LogP contribution is 2.39. The summed E-state index contributed by atoms with van der Waals surface area (Å²) in [5.74, 6) is -0.196. The van der Waals surface area contributed by atoms with E-state index >= 15 is 0 Å². The van der Waals surface area contributed by atoms with Gasteiger partial charge in [0.25, 0.3) is 0 Å². The maximum atomic E-state index is 12.4. The SMILES string of the molecule is FC(F)(F)Oc1ccc([C@H]2c3ccsc3CCN2Cc2ccc[nH]2)cc1. The van der Waals surface area contributed by atoms with E-state index in [2.05, 4.69) is 26.1 Å². The number of hydrogen-bond acceptors (Lipinski definition) is 3. The molecule has 0 fully saturated rings. The lowest BCUT2D eigenvalue weighted by atomic mass is 9.93. The number of alkyl halides is 3. The third-order valence-corrected chi connectivity index (χ3v) is 5.53. The van der Waals surface area contributed by atoms with E-state index in [9.17, 15) is 13.2 Å². The fourth-order valence-electron chi connectivity index (χ4n) is 3.47. The summed E-state index contributed by atoms with van der Waals surface area (Å²) < 4.78 is 41.2. The summed E-state index contributed by atoms with van der Waals surface area (Å²) >= 11 is 1.74. The minimum Gasteiger partial charge on any atom is -0.406 e. The molecule has 4 rings (SSSR count). The lowest BCUT2D eigenvalue weighted by Crippen LogP contribution is -2.35. The maximum absolute atomic E-state index is 12.4. The summed E-state index contributed by atoms with van der Waals surface area (Å²) in [6.07, 6.45) is -1.79. The van der Waals surface area contributed by atoms with Crippen LogP contribution < -0.4 is 4.74 Å². The van der Waals surface area contributed by atoms with Crippen LogP contribution in [0.4, 0.5) is 13.2 Å². The maximum Gasteiger partial charge on any atom is 0.573 e. The molecule has 26 heavy (non-hydrogen) atoms. The number of ether oxygens (including phenoxy) is 1. The van der Waals surface area contributed by atoms with Gasteiger partial charge in [0.1, 0.15) is 5.75 Å². The molecule has 2 aromatic heterocycles. The van der Waals surface area contributed by atoms with Gasteiger partial charge in [-0.2, -0.15) is 0 Å². The van der Waals surface area contributed by atoms with Crippen molar-refractivity contribution in [3.05, 3.63) is 75.7 Å². The largest absolute Gasteiger partial charge is 0.573 e. The van der Waals surface area contributed by atoms with Crippen LogP contribution in [0, 0.1) is 0 Å². The molecular formula is C19H17F3N2OS. The predicted octanol–water partition coefficient (Wildman–Crippen LogP) is 5.12. The fourth-order valence-corrected chi connectivity index (χ4v) is 4.37. The van der Waals surface area contributed by atoms with Crippen molar-refractivity contribution in [3.8, 4) is 5.75 Å². The number of aromatic nitrogens is 1. The van der Waals surface area contributed by atoms with Gasteiger partial charge in [0.15, 0.2) is 0 Å². The van der Waals surface area contributed by atoms with Crippen LogP contribution in [-0.4, -0.2) is 22.8 Å². The van der Waals surface area contributed by atoms with Gasteiger partial charge in [0.2, 0.25) is 0 Å². The Bertz CT molecular complexity index is 856. The fraction of sp³-hybridized carbons (Fsp3) is 0.263. The van der Waals surface area contributed by atoms with Gasteiger partial charge in [-0.05, 0) is 53.3 Å². The predicted molar refractivity (Wildman–Crippen MR) is 94.2 cm³/mol. The second-order valence-corrected chi connectivity index (χ2v) is 7.23. The first-order valence-corrected chi connectivity index (χ1v) is 9.16. The van der Waals surface area contributed by atoms with Gasteiger partial charge in [-0.1, -0.05) is 12.1 Å². The molecule has 0 bridgehead atoms. The third-order valence-electron chi connectivity index (χ3n) is 4.53. The minimum absolute atomic E-state index is 0.0215. The highest BCUT2D eigenvalue weighted by atomic mass is 32.1. The van der Waals surface area contributed by atoms with Gasteiger partial charge < -0.3 is 9.72 Å². The van der Waals surface area contributed by atoms with Gasteiger partial charge in [-0.15, -0.1) is 24.5 Å². The molecule has 1 aromatic carbocycles. The van der Waals surface area contributed by atoms with Crippen LogP contribution >= 0.6 is 11.3 Å². The van der Waals surface area contributed by atoms with Crippen molar-refractivity contribution in [1.29, 1.82) is 0 Å². The lowest BCUT2D eigenvalue weighted by molar-refractivity contribution is -0.274. The second-order valence-electron chi connectivity index (χ2n) is 6.23. The number of benzene rings is 1. The Hall–Kier alpha value is -2.25. The Balaban J connectivity index is 1.64. The third kappa shape index (κ3) is 3.64. The van der Waals surface area contributed by atoms with E-state index in [1.54, 1.807) is 23.5 Å². The average molecular weight is 378 g/mol. The summed E-state index contributed by atoms with van der Waals surface area (Å²) in [6.45, 7) is 1.66. The molecular weight excluding hydrogens is 361 g/mol. The van der Waals surface area contributed by atoms with Crippen molar-refractivity contribution in [2.24, 2.45) is 0 Å². The zero-order valence-corrected chi connectivity index (χ0v) is 14.6. The molecule has 3 nitrogen and oxygen atoms in total. The zero-order chi connectivity index (χ0) is 18.1. The number of H-pyrrole nitrogens is 1. The summed E-state index contributed by atoms with van der Waals surface area (Å²) in [5.41, 5.74) is 3.31. The van der Waals surface area contributed by atoms with Crippen LogP contribution in [0.15, 0.2) is 54.0 Å². The number of hydrogen-bond donors (Lipinski definition) is 1. The van der Waals surface area contributed by atoms with Crippen molar-refractivity contribution < 1.29 is 17.9 Å². The summed E-state index contributed by atoms with van der Waals surface area (Å²) in [5, 5.41) is 2.08. The number of rotatable bonds is 4. The molecule has 3 heterocycles. The number of thiophene rings is 1. The molecule has 1 aliphatic heterocycles. The van der Waals surface area contributed by atoms with Crippen LogP contribution in [0.3, 0.4) is 0 Å². The van der Waals surface area contributed by atoms with Crippen LogP contribution in [0.5, 0.6) is 5.75 Å². The highest BCUT2D eigenvalue weighted by molar-refractivity contribution is 7.10. The first kappa shape index (κ1) is 17.2. The average Bonchev–Trinajstić information content (AvgIpc) is 3.25. The van der Waals surface area contributed by atoms with E-state index in [1.807, 2.05) is 18.3 Å². The van der Waals surface area contributed by atoms with Gasteiger partial charge in [0.05, 0.1) is 6.04 Å². The monoisotopic (exact) mass is 378 g/mol. The topological polar surface area (TPSA) is 28.3 Å². The van der Waals surface area contributed by atoms with Crippen molar-refractivity contribution in [2.45, 2.75) is 25.4 Å². The molecule has 0 saturated heterocycles. The summed E-state index contributed by atoms with van der Waals surface area (Å²) in [4.78, 5) is 6.91. The molecule has 0 amide bonds. The number of halogens is 3. The van der Waals surface area contributed by atoms with E-state index in [0.717, 1.165) is 30.8 Å². The smallest absolute Gasteiger partial charge is 0.406 e. The van der Waals surface area contributed by atoms with E-state index in [-0.39, 0.29) is 11.8 Å². The second kappa shape index (κ2) is 6.81. The molecule has 1 atom stereocenters. The van der Waals surface area contributed by atoms with E-state index in [1.165, 1.54) is 22.6 Å². The number of nitrogens with one attached hydrogen (secondary N) is 1.